The predicted octanol–water partition coefficient (Wildman–Crippen LogP) is 3.05. The smallest absolute Gasteiger partial charge is 0.258 e. The Kier molecular flexibility index (Phi) is 7.71. The number of hydrogen-bond acceptors (Lipinski definition) is 5. The number of carbonyl (C=O) groups excluding carboxylic acids is 1. The zero-order valence-corrected chi connectivity index (χ0v) is 18.2. The van der Waals surface area contributed by atoms with Crippen LogP contribution in [0, 0.1) is 0 Å². The minimum atomic E-state index is -3.78. The molecule has 0 saturated carbocycles. The number of sulfonamides is 1. The van der Waals surface area contributed by atoms with Gasteiger partial charge in [0, 0.05) is 19.2 Å². The fourth-order valence-electron chi connectivity index (χ4n) is 3.10. The van der Waals surface area contributed by atoms with Gasteiger partial charge in [0.25, 0.3) is 5.91 Å². The van der Waals surface area contributed by atoms with Crippen molar-refractivity contribution >= 4 is 27.5 Å². The van der Waals surface area contributed by atoms with E-state index in [0.717, 1.165) is 25.0 Å². The van der Waals surface area contributed by atoms with Gasteiger partial charge in [-0.3, -0.25) is 4.79 Å². The second-order valence-electron chi connectivity index (χ2n) is 7.07. The van der Waals surface area contributed by atoms with Crippen LogP contribution in [0.15, 0.2) is 53.4 Å². The molecule has 1 fully saturated rings. The first-order valence-electron chi connectivity index (χ1n) is 9.73. The van der Waals surface area contributed by atoms with Crippen molar-refractivity contribution in [2.24, 2.45) is 0 Å². The van der Waals surface area contributed by atoms with Crippen molar-refractivity contribution in [3.05, 3.63) is 59.1 Å². The molecule has 0 spiro atoms. The molecule has 0 aromatic heterocycles. The Morgan fingerprint density at radius 1 is 1.27 bits per heavy atom. The van der Waals surface area contributed by atoms with E-state index < -0.39 is 16.1 Å². The normalized spacial score (nSPS) is 17.5. The van der Waals surface area contributed by atoms with Gasteiger partial charge in [0.15, 0.2) is 6.61 Å². The zero-order valence-electron chi connectivity index (χ0n) is 16.6. The van der Waals surface area contributed by atoms with E-state index in [-0.39, 0.29) is 34.3 Å². The molecule has 2 atom stereocenters. The maximum atomic E-state index is 12.7. The Bertz CT molecular complexity index is 963. The Hall–Kier alpha value is -2.13. The number of nitrogens with one attached hydrogen (secondary N) is 2. The van der Waals surface area contributed by atoms with E-state index in [9.17, 15) is 13.2 Å². The lowest BCUT2D eigenvalue weighted by Gasteiger charge is -2.15. The Labute approximate surface area is 181 Å². The molecule has 2 aromatic rings. The summed E-state index contributed by atoms with van der Waals surface area (Å²) in [5.41, 5.74) is 0.848. The minimum Gasteiger partial charge on any atom is -0.482 e. The van der Waals surface area contributed by atoms with Crippen LogP contribution in [0.25, 0.3) is 0 Å². The van der Waals surface area contributed by atoms with Crippen LogP contribution in [0.2, 0.25) is 5.02 Å². The molecule has 7 nitrogen and oxygen atoms in total. The van der Waals surface area contributed by atoms with Crippen molar-refractivity contribution in [3.63, 3.8) is 0 Å². The number of benzene rings is 2. The highest BCUT2D eigenvalue weighted by atomic mass is 35.5. The third-order valence-corrected chi connectivity index (χ3v) is 6.59. The number of halogens is 1. The van der Waals surface area contributed by atoms with E-state index in [1.165, 1.54) is 18.2 Å². The first-order chi connectivity index (χ1) is 14.3. The lowest BCUT2D eigenvalue weighted by Crippen LogP contribution is -2.35. The Morgan fingerprint density at radius 3 is 2.70 bits per heavy atom. The van der Waals surface area contributed by atoms with Crippen LogP contribution in [0.1, 0.15) is 31.4 Å². The minimum absolute atomic E-state index is 0.0189. The molecule has 1 amide bonds. The van der Waals surface area contributed by atoms with E-state index in [1.54, 1.807) is 6.92 Å². The predicted molar refractivity (Wildman–Crippen MR) is 114 cm³/mol. The second kappa shape index (κ2) is 10.3. The zero-order chi connectivity index (χ0) is 21.6. The van der Waals surface area contributed by atoms with Gasteiger partial charge >= 0.3 is 0 Å². The van der Waals surface area contributed by atoms with Crippen LogP contribution in [0.4, 0.5) is 0 Å². The summed E-state index contributed by atoms with van der Waals surface area (Å²) in [4.78, 5) is 11.9. The van der Waals surface area contributed by atoms with Gasteiger partial charge in [0.05, 0.1) is 16.0 Å². The number of ether oxygens (including phenoxy) is 2. The average molecular weight is 453 g/mol. The average Bonchev–Trinajstić information content (AvgIpc) is 3.25. The molecule has 2 aromatic carbocycles. The van der Waals surface area contributed by atoms with Crippen molar-refractivity contribution in [3.8, 4) is 5.75 Å². The van der Waals surface area contributed by atoms with Gasteiger partial charge in [0.1, 0.15) is 5.75 Å². The summed E-state index contributed by atoms with van der Waals surface area (Å²) in [6.45, 7) is 2.71. The molecule has 9 heteroatoms. The number of hydrogen-bond donors (Lipinski definition) is 2. The van der Waals surface area contributed by atoms with E-state index in [2.05, 4.69) is 10.0 Å². The highest BCUT2D eigenvalue weighted by molar-refractivity contribution is 7.89. The molecule has 2 N–H and O–H groups in total. The quantitative estimate of drug-likeness (QED) is 0.609. The highest BCUT2D eigenvalue weighted by Crippen LogP contribution is 2.28. The molecular formula is C21H25ClN2O5S. The van der Waals surface area contributed by atoms with E-state index in [4.69, 9.17) is 21.1 Å². The lowest BCUT2D eigenvalue weighted by atomic mass is 10.1. The molecule has 1 aliphatic heterocycles. The molecule has 1 aliphatic rings. The van der Waals surface area contributed by atoms with Crippen LogP contribution in [0.3, 0.4) is 0 Å². The van der Waals surface area contributed by atoms with E-state index in [1.807, 2.05) is 30.3 Å². The fourth-order valence-corrected chi connectivity index (χ4v) is 4.66. The van der Waals surface area contributed by atoms with Gasteiger partial charge in [-0.15, -0.1) is 0 Å². The standard InChI is InChI=1S/C21H25ClN2O5S/c1-15(16-6-3-2-4-7-16)24-30(26,27)18-9-10-20(19(22)12-18)29-14-21(25)23-13-17-8-5-11-28-17/h2-4,6-7,9-10,12,15,17,24H,5,8,11,13-14H2,1H3,(H,23,25)/t15-,17-/m1/s1. The Balaban J connectivity index is 1.56. The van der Waals surface area contributed by atoms with Gasteiger partial charge < -0.3 is 14.8 Å². The van der Waals surface area contributed by atoms with Crippen molar-refractivity contribution in [2.75, 3.05) is 19.8 Å². The SMILES string of the molecule is C[C@@H](NS(=O)(=O)c1ccc(OCC(=O)NC[C@H]2CCCO2)c(Cl)c1)c1ccccc1. The second-order valence-corrected chi connectivity index (χ2v) is 9.19. The van der Waals surface area contributed by atoms with Crippen LogP contribution in [-0.2, 0) is 19.6 Å². The number of amides is 1. The molecule has 162 valence electrons. The van der Waals surface area contributed by atoms with Crippen LogP contribution in [0.5, 0.6) is 5.75 Å². The molecule has 3 rings (SSSR count). The summed E-state index contributed by atoms with van der Waals surface area (Å²) in [5.74, 6) is -0.0596. The largest absolute Gasteiger partial charge is 0.482 e. The molecule has 0 radical (unpaired) electrons. The summed E-state index contributed by atoms with van der Waals surface area (Å²) in [6, 6.07) is 13.0. The van der Waals surface area contributed by atoms with E-state index >= 15 is 0 Å². The molecule has 0 aliphatic carbocycles. The molecule has 30 heavy (non-hydrogen) atoms. The van der Waals surface area contributed by atoms with Crippen LogP contribution >= 0.6 is 11.6 Å². The van der Waals surface area contributed by atoms with E-state index in [0.29, 0.717) is 6.54 Å². The monoisotopic (exact) mass is 452 g/mol. The van der Waals surface area contributed by atoms with Crippen molar-refractivity contribution in [1.82, 2.24) is 10.0 Å². The summed E-state index contributed by atoms with van der Waals surface area (Å²) >= 11 is 6.18. The lowest BCUT2D eigenvalue weighted by molar-refractivity contribution is -0.123. The first kappa shape index (κ1) is 22.6. The summed E-state index contributed by atoms with van der Waals surface area (Å²) in [5, 5.41) is 2.86. The van der Waals surface area contributed by atoms with Crippen molar-refractivity contribution in [1.29, 1.82) is 0 Å². The fraction of sp³-hybridized carbons (Fsp3) is 0.381. The third-order valence-electron chi connectivity index (χ3n) is 4.75. The van der Waals surface area contributed by atoms with Crippen molar-refractivity contribution in [2.45, 2.75) is 36.8 Å². The van der Waals surface area contributed by atoms with Gasteiger partial charge in [-0.2, -0.15) is 0 Å². The molecule has 0 bridgehead atoms. The van der Waals surface area contributed by atoms with Crippen molar-refractivity contribution < 1.29 is 22.7 Å². The summed E-state index contributed by atoms with van der Waals surface area (Å²) in [6.07, 6.45) is 1.98. The molecular weight excluding hydrogens is 428 g/mol. The van der Waals surface area contributed by atoms with Gasteiger partial charge in [-0.1, -0.05) is 41.9 Å². The van der Waals surface area contributed by atoms with Crippen LogP contribution < -0.4 is 14.8 Å². The van der Waals surface area contributed by atoms with Gasteiger partial charge in [0.2, 0.25) is 10.0 Å². The summed E-state index contributed by atoms with van der Waals surface area (Å²) in [7, 11) is -3.78. The highest BCUT2D eigenvalue weighted by Gasteiger charge is 2.20. The van der Waals surface area contributed by atoms with Crippen LogP contribution in [-0.4, -0.2) is 40.2 Å². The number of rotatable bonds is 9. The third kappa shape index (κ3) is 6.18. The molecule has 1 heterocycles. The maximum absolute atomic E-state index is 12.7. The first-order valence-corrected chi connectivity index (χ1v) is 11.6. The maximum Gasteiger partial charge on any atom is 0.258 e. The molecule has 0 unspecified atom stereocenters. The molecule has 1 saturated heterocycles. The topological polar surface area (TPSA) is 93.7 Å². The number of carbonyl (C=O) groups is 1. The summed E-state index contributed by atoms with van der Waals surface area (Å²) < 4.78 is 38.8. The Morgan fingerprint density at radius 2 is 2.03 bits per heavy atom. The van der Waals surface area contributed by atoms with Gasteiger partial charge in [-0.05, 0) is 43.5 Å². The van der Waals surface area contributed by atoms with Gasteiger partial charge in [-0.25, -0.2) is 13.1 Å².